The average Bonchev–Trinajstić information content (AvgIpc) is 2.36. The van der Waals surface area contributed by atoms with Gasteiger partial charge >= 0.3 is 0 Å². The van der Waals surface area contributed by atoms with Crippen molar-refractivity contribution in [1.82, 2.24) is 9.97 Å². The fourth-order valence-electron chi connectivity index (χ4n) is 1.29. The minimum atomic E-state index is -4.16. The first kappa shape index (κ1) is 14.1. The summed E-state index contributed by atoms with van der Waals surface area (Å²) in [5, 5.41) is 0. The van der Waals surface area contributed by atoms with Gasteiger partial charge in [0.2, 0.25) is 5.95 Å². The zero-order valence-corrected chi connectivity index (χ0v) is 10.5. The molecule has 0 fully saturated rings. The highest BCUT2D eigenvalue weighted by atomic mass is 32.2. The molecule has 0 spiro atoms. The van der Waals surface area contributed by atoms with Crippen LogP contribution in [0.3, 0.4) is 0 Å². The first-order chi connectivity index (χ1) is 9.29. The molecule has 0 amide bonds. The van der Waals surface area contributed by atoms with Gasteiger partial charge in [-0.25, -0.2) is 31.6 Å². The van der Waals surface area contributed by atoms with Gasteiger partial charge in [-0.05, 0) is 0 Å². The number of nitrogens with zero attached hydrogens (tertiary/aromatic N) is 2. The lowest BCUT2D eigenvalue weighted by Crippen LogP contribution is -2.14. The molecule has 0 bridgehead atoms. The molecule has 0 saturated carbocycles. The molecule has 0 atom stereocenters. The highest BCUT2D eigenvalue weighted by molar-refractivity contribution is 7.92. The number of anilines is 2. The minimum absolute atomic E-state index is 0.136. The predicted molar refractivity (Wildman–Crippen MR) is 63.6 cm³/mol. The van der Waals surface area contributed by atoms with Gasteiger partial charge in [-0.2, -0.15) is 0 Å². The molecule has 1 heterocycles. The number of aromatic nitrogens is 2. The Morgan fingerprint density at radius 2 is 1.55 bits per heavy atom. The molecular weight excluding hydrogens is 297 g/mol. The molecule has 2 aromatic rings. The summed E-state index contributed by atoms with van der Waals surface area (Å²) >= 11 is 0. The third-order valence-electron chi connectivity index (χ3n) is 2.19. The number of sulfonamides is 1. The molecule has 2 rings (SSSR count). The predicted octanol–water partition coefficient (Wildman–Crippen LogP) is 1.28. The van der Waals surface area contributed by atoms with Gasteiger partial charge in [0, 0.05) is 12.1 Å². The average molecular weight is 304 g/mol. The second-order valence-electron chi connectivity index (χ2n) is 3.64. The van der Waals surface area contributed by atoms with Gasteiger partial charge in [0.15, 0.2) is 17.5 Å². The quantitative estimate of drug-likeness (QED) is 0.832. The number of rotatable bonds is 3. The van der Waals surface area contributed by atoms with Crippen molar-refractivity contribution < 1.29 is 21.6 Å². The Hall–Kier alpha value is -2.36. The third-order valence-corrected chi connectivity index (χ3v) is 3.53. The summed E-state index contributed by atoms with van der Waals surface area (Å²) in [4.78, 5) is 6.59. The molecule has 1 aromatic heterocycles. The molecular formula is C10H7F3N4O2S. The van der Waals surface area contributed by atoms with Crippen molar-refractivity contribution in [1.29, 1.82) is 0 Å². The standard InChI is InChI=1S/C10H7F3N4O2S/c11-7-1-5(2-8(12)9(7)13)17-20(18,19)6-3-15-10(14)16-4-6/h1-4,17H,(H2,14,15,16). The zero-order valence-electron chi connectivity index (χ0n) is 9.64. The maximum atomic E-state index is 13.0. The zero-order chi connectivity index (χ0) is 14.9. The highest BCUT2D eigenvalue weighted by Crippen LogP contribution is 2.20. The molecule has 0 aliphatic carbocycles. The van der Waals surface area contributed by atoms with E-state index < -0.39 is 33.2 Å². The Kier molecular flexibility index (Phi) is 3.49. The number of hydrogen-bond acceptors (Lipinski definition) is 5. The van der Waals surface area contributed by atoms with E-state index in [4.69, 9.17) is 5.73 Å². The Balaban J connectivity index is 2.36. The van der Waals surface area contributed by atoms with Gasteiger partial charge in [0.1, 0.15) is 4.90 Å². The van der Waals surface area contributed by atoms with E-state index in [1.807, 2.05) is 4.72 Å². The number of hydrogen-bond donors (Lipinski definition) is 2. The van der Waals surface area contributed by atoms with Crippen LogP contribution in [0.5, 0.6) is 0 Å². The monoisotopic (exact) mass is 304 g/mol. The van der Waals surface area contributed by atoms with Gasteiger partial charge in [-0.15, -0.1) is 0 Å². The van der Waals surface area contributed by atoms with Crippen LogP contribution >= 0.6 is 0 Å². The van der Waals surface area contributed by atoms with Crippen LogP contribution in [0, 0.1) is 17.5 Å². The number of nitrogen functional groups attached to an aromatic ring is 1. The molecule has 1 aromatic carbocycles. The van der Waals surface area contributed by atoms with E-state index in [1.54, 1.807) is 0 Å². The maximum absolute atomic E-state index is 13.0. The van der Waals surface area contributed by atoms with E-state index in [0.29, 0.717) is 12.1 Å². The largest absolute Gasteiger partial charge is 0.368 e. The van der Waals surface area contributed by atoms with E-state index in [0.717, 1.165) is 12.4 Å². The second-order valence-corrected chi connectivity index (χ2v) is 5.32. The van der Waals surface area contributed by atoms with Crippen LogP contribution in [-0.2, 0) is 10.0 Å². The van der Waals surface area contributed by atoms with Crippen molar-refractivity contribution >= 4 is 21.7 Å². The molecule has 20 heavy (non-hydrogen) atoms. The lowest BCUT2D eigenvalue weighted by Gasteiger charge is -2.08. The van der Waals surface area contributed by atoms with Gasteiger partial charge in [-0.3, -0.25) is 4.72 Å². The summed E-state index contributed by atoms with van der Waals surface area (Å²) in [5.41, 5.74) is 4.73. The van der Waals surface area contributed by atoms with Crippen molar-refractivity contribution in [2.24, 2.45) is 0 Å². The van der Waals surface area contributed by atoms with Crippen molar-refractivity contribution in [3.8, 4) is 0 Å². The number of benzene rings is 1. The number of halogens is 3. The molecule has 0 radical (unpaired) electrons. The summed E-state index contributed by atoms with van der Waals surface area (Å²) in [5.74, 6) is -4.86. The van der Waals surface area contributed by atoms with Crippen LogP contribution in [-0.4, -0.2) is 18.4 Å². The van der Waals surface area contributed by atoms with Crippen LogP contribution in [0.25, 0.3) is 0 Å². The first-order valence-corrected chi connectivity index (χ1v) is 6.53. The topological polar surface area (TPSA) is 98.0 Å². The summed E-state index contributed by atoms with van der Waals surface area (Å²) in [6, 6.07) is 1.02. The smallest absolute Gasteiger partial charge is 0.264 e. The van der Waals surface area contributed by atoms with Crippen LogP contribution in [0.1, 0.15) is 0 Å². The van der Waals surface area contributed by atoms with Gasteiger partial charge in [-0.1, -0.05) is 0 Å². The molecule has 0 unspecified atom stereocenters. The number of nitrogens with two attached hydrogens (primary N) is 1. The Bertz CT molecular complexity index is 727. The molecule has 10 heteroatoms. The summed E-state index contributed by atoms with van der Waals surface area (Å²) in [7, 11) is -4.16. The molecule has 3 N–H and O–H groups in total. The van der Waals surface area contributed by atoms with E-state index >= 15 is 0 Å². The van der Waals surface area contributed by atoms with E-state index in [2.05, 4.69) is 9.97 Å². The van der Waals surface area contributed by atoms with Crippen molar-refractivity contribution in [3.05, 3.63) is 42.0 Å². The SMILES string of the molecule is Nc1ncc(S(=O)(=O)Nc2cc(F)c(F)c(F)c2)cn1. The van der Waals surface area contributed by atoms with E-state index in [1.165, 1.54) is 0 Å². The lowest BCUT2D eigenvalue weighted by molar-refractivity contribution is 0.448. The van der Waals surface area contributed by atoms with Crippen molar-refractivity contribution in [3.63, 3.8) is 0 Å². The summed E-state index contributed by atoms with van der Waals surface area (Å²) < 4.78 is 64.3. The van der Waals surface area contributed by atoms with E-state index in [-0.39, 0.29) is 10.8 Å². The molecule has 0 saturated heterocycles. The van der Waals surface area contributed by atoms with Crippen LogP contribution in [0.4, 0.5) is 24.8 Å². The Morgan fingerprint density at radius 3 is 2.05 bits per heavy atom. The number of nitrogens with one attached hydrogen (secondary N) is 1. The summed E-state index contributed by atoms with van der Waals surface area (Å²) in [6.45, 7) is 0. The van der Waals surface area contributed by atoms with Crippen molar-refractivity contribution in [2.45, 2.75) is 4.90 Å². The maximum Gasteiger partial charge on any atom is 0.264 e. The highest BCUT2D eigenvalue weighted by Gasteiger charge is 2.18. The Labute approximate surface area is 111 Å². The second kappa shape index (κ2) is 4.96. The summed E-state index contributed by atoms with van der Waals surface area (Å²) in [6.07, 6.45) is 1.84. The fraction of sp³-hybridized carbons (Fsp3) is 0. The molecule has 0 aliphatic heterocycles. The lowest BCUT2D eigenvalue weighted by atomic mass is 10.3. The minimum Gasteiger partial charge on any atom is -0.368 e. The van der Waals surface area contributed by atoms with Crippen LogP contribution in [0.2, 0.25) is 0 Å². The molecule has 0 aliphatic rings. The van der Waals surface area contributed by atoms with Gasteiger partial charge in [0.05, 0.1) is 18.1 Å². The molecule has 106 valence electrons. The Morgan fingerprint density at radius 1 is 1.05 bits per heavy atom. The van der Waals surface area contributed by atoms with E-state index in [9.17, 15) is 21.6 Å². The first-order valence-electron chi connectivity index (χ1n) is 5.04. The van der Waals surface area contributed by atoms with Crippen LogP contribution in [0.15, 0.2) is 29.4 Å². The van der Waals surface area contributed by atoms with Gasteiger partial charge in [0.25, 0.3) is 10.0 Å². The van der Waals surface area contributed by atoms with Crippen molar-refractivity contribution in [2.75, 3.05) is 10.5 Å². The fourth-order valence-corrected chi connectivity index (χ4v) is 2.22. The van der Waals surface area contributed by atoms with Crippen LogP contribution < -0.4 is 10.5 Å². The normalized spacial score (nSPS) is 11.3. The molecule has 6 nitrogen and oxygen atoms in total. The van der Waals surface area contributed by atoms with Gasteiger partial charge < -0.3 is 5.73 Å². The third kappa shape index (κ3) is 2.79.